The van der Waals surface area contributed by atoms with Gasteiger partial charge in [-0.3, -0.25) is 4.90 Å². The van der Waals surface area contributed by atoms with Gasteiger partial charge in [-0.2, -0.15) is 0 Å². The lowest BCUT2D eigenvalue weighted by atomic mass is 9.83. The molecule has 1 heterocycles. The maximum atomic E-state index is 3.82. The van der Waals surface area contributed by atoms with Crippen molar-refractivity contribution >= 4 is 0 Å². The Bertz CT molecular complexity index is 219. The molecule has 0 amide bonds. The van der Waals surface area contributed by atoms with Crippen molar-refractivity contribution in [3.63, 3.8) is 0 Å². The third-order valence-electron chi connectivity index (χ3n) is 4.74. The minimum Gasteiger partial charge on any atom is -0.312 e. The molecule has 1 N–H and O–H groups in total. The van der Waals surface area contributed by atoms with Crippen LogP contribution in [0.25, 0.3) is 0 Å². The summed E-state index contributed by atoms with van der Waals surface area (Å²) < 4.78 is 0. The van der Waals surface area contributed by atoms with Gasteiger partial charge in [0.05, 0.1) is 0 Å². The highest BCUT2D eigenvalue weighted by Crippen LogP contribution is 2.31. The molecular weight excluding hydrogens is 196 g/mol. The largest absolute Gasteiger partial charge is 0.312 e. The monoisotopic (exact) mass is 222 g/mol. The van der Waals surface area contributed by atoms with E-state index in [1.807, 2.05) is 0 Å². The van der Waals surface area contributed by atoms with Crippen LogP contribution in [-0.2, 0) is 0 Å². The molecule has 3 rings (SSSR count). The predicted octanol–water partition coefficient (Wildman–Crippen LogP) is 2.39. The fourth-order valence-corrected chi connectivity index (χ4v) is 3.60. The summed E-state index contributed by atoms with van der Waals surface area (Å²) in [5.74, 6) is 0.980. The molecule has 1 aliphatic heterocycles. The lowest BCUT2D eigenvalue weighted by molar-refractivity contribution is 0.200. The van der Waals surface area contributed by atoms with Crippen LogP contribution in [0.1, 0.15) is 51.4 Å². The quantitative estimate of drug-likeness (QED) is 0.772. The predicted molar refractivity (Wildman–Crippen MR) is 67.6 cm³/mol. The summed E-state index contributed by atoms with van der Waals surface area (Å²) in [6, 6.07) is 1.77. The van der Waals surface area contributed by atoms with Gasteiger partial charge in [0.1, 0.15) is 0 Å². The van der Waals surface area contributed by atoms with Crippen molar-refractivity contribution in [2.24, 2.45) is 5.92 Å². The number of hydrogen-bond acceptors (Lipinski definition) is 2. The average molecular weight is 222 g/mol. The maximum Gasteiger partial charge on any atom is 0.0223 e. The SMILES string of the molecule is C1CCC(C2CN(C3CC3)CCCN2)CC1. The van der Waals surface area contributed by atoms with E-state index in [1.54, 1.807) is 0 Å². The Hall–Kier alpha value is -0.0800. The molecule has 0 spiro atoms. The van der Waals surface area contributed by atoms with Crippen LogP contribution in [-0.4, -0.2) is 36.6 Å². The van der Waals surface area contributed by atoms with E-state index in [0.717, 1.165) is 18.0 Å². The van der Waals surface area contributed by atoms with Gasteiger partial charge in [-0.1, -0.05) is 19.3 Å². The minimum atomic E-state index is 0.809. The summed E-state index contributed by atoms with van der Waals surface area (Å²) in [6.07, 6.45) is 11.7. The van der Waals surface area contributed by atoms with Gasteiger partial charge in [0, 0.05) is 18.6 Å². The molecule has 2 aliphatic carbocycles. The summed E-state index contributed by atoms with van der Waals surface area (Å²) in [6.45, 7) is 3.95. The van der Waals surface area contributed by atoms with E-state index in [0.29, 0.717) is 0 Å². The van der Waals surface area contributed by atoms with E-state index in [1.165, 1.54) is 71.0 Å². The van der Waals surface area contributed by atoms with Crippen LogP contribution in [0.5, 0.6) is 0 Å². The molecule has 16 heavy (non-hydrogen) atoms. The highest BCUT2D eigenvalue weighted by atomic mass is 15.2. The van der Waals surface area contributed by atoms with Crippen LogP contribution in [0.3, 0.4) is 0 Å². The molecule has 3 fully saturated rings. The third kappa shape index (κ3) is 2.60. The van der Waals surface area contributed by atoms with E-state index in [4.69, 9.17) is 0 Å². The van der Waals surface area contributed by atoms with Gasteiger partial charge in [0.25, 0.3) is 0 Å². The Labute approximate surface area is 99.8 Å². The van der Waals surface area contributed by atoms with Gasteiger partial charge in [0.15, 0.2) is 0 Å². The lowest BCUT2D eigenvalue weighted by Crippen LogP contribution is -2.44. The van der Waals surface area contributed by atoms with E-state index in [-0.39, 0.29) is 0 Å². The zero-order valence-corrected chi connectivity index (χ0v) is 10.5. The Morgan fingerprint density at radius 1 is 0.875 bits per heavy atom. The summed E-state index contributed by atoms with van der Waals surface area (Å²) in [5.41, 5.74) is 0. The number of nitrogens with one attached hydrogen (secondary N) is 1. The smallest absolute Gasteiger partial charge is 0.0223 e. The highest BCUT2D eigenvalue weighted by molar-refractivity contribution is 4.91. The molecule has 2 nitrogen and oxygen atoms in total. The Kier molecular flexibility index (Phi) is 3.49. The summed E-state index contributed by atoms with van der Waals surface area (Å²) in [7, 11) is 0. The van der Waals surface area contributed by atoms with Gasteiger partial charge in [-0.15, -0.1) is 0 Å². The third-order valence-corrected chi connectivity index (χ3v) is 4.74. The molecule has 0 aromatic rings. The first-order valence-corrected chi connectivity index (χ1v) is 7.41. The fraction of sp³-hybridized carbons (Fsp3) is 1.00. The molecule has 2 saturated carbocycles. The van der Waals surface area contributed by atoms with Gasteiger partial charge in [-0.05, 0) is 51.1 Å². The fourth-order valence-electron chi connectivity index (χ4n) is 3.60. The van der Waals surface area contributed by atoms with Crippen molar-refractivity contribution in [3.8, 4) is 0 Å². The average Bonchev–Trinajstić information content (AvgIpc) is 3.16. The first kappa shape index (κ1) is 11.0. The second kappa shape index (κ2) is 5.05. The second-order valence-electron chi connectivity index (χ2n) is 6.04. The first-order chi connectivity index (χ1) is 7.93. The molecule has 0 aromatic heterocycles. The summed E-state index contributed by atoms with van der Waals surface area (Å²) in [5, 5.41) is 3.82. The molecule has 0 aromatic carbocycles. The Morgan fingerprint density at radius 2 is 1.69 bits per heavy atom. The normalized spacial score (nSPS) is 34.9. The van der Waals surface area contributed by atoms with Crippen molar-refractivity contribution in [3.05, 3.63) is 0 Å². The lowest BCUT2D eigenvalue weighted by Gasteiger charge is -2.33. The van der Waals surface area contributed by atoms with Crippen molar-refractivity contribution < 1.29 is 0 Å². The molecule has 92 valence electrons. The summed E-state index contributed by atoms with van der Waals surface area (Å²) in [4.78, 5) is 2.78. The molecule has 1 atom stereocenters. The van der Waals surface area contributed by atoms with Crippen LogP contribution in [0.15, 0.2) is 0 Å². The van der Waals surface area contributed by atoms with Crippen molar-refractivity contribution in [2.75, 3.05) is 19.6 Å². The number of rotatable bonds is 2. The number of hydrogen-bond donors (Lipinski definition) is 1. The van der Waals surface area contributed by atoms with Crippen LogP contribution in [0.2, 0.25) is 0 Å². The minimum absolute atomic E-state index is 0.809. The van der Waals surface area contributed by atoms with Crippen molar-refractivity contribution in [1.82, 2.24) is 10.2 Å². The molecule has 3 aliphatic rings. The Balaban J connectivity index is 1.58. The second-order valence-corrected chi connectivity index (χ2v) is 6.04. The van der Waals surface area contributed by atoms with Gasteiger partial charge in [0.2, 0.25) is 0 Å². The van der Waals surface area contributed by atoms with Crippen LogP contribution < -0.4 is 5.32 Å². The number of nitrogens with zero attached hydrogens (tertiary/aromatic N) is 1. The van der Waals surface area contributed by atoms with Gasteiger partial charge in [-0.25, -0.2) is 0 Å². The van der Waals surface area contributed by atoms with Crippen LogP contribution in [0, 0.1) is 5.92 Å². The molecule has 0 radical (unpaired) electrons. The molecule has 1 unspecified atom stereocenters. The molecular formula is C14H26N2. The van der Waals surface area contributed by atoms with Gasteiger partial charge >= 0.3 is 0 Å². The molecule has 2 heteroatoms. The topological polar surface area (TPSA) is 15.3 Å². The first-order valence-electron chi connectivity index (χ1n) is 7.41. The van der Waals surface area contributed by atoms with Gasteiger partial charge < -0.3 is 5.32 Å². The Morgan fingerprint density at radius 3 is 2.44 bits per heavy atom. The maximum absolute atomic E-state index is 3.82. The van der Waals surface area contributed by atoms with E-state index in [9.17, 15) is 0 Å². The molecule has 1 saturated heterocycles. The van der Waals surface area contributed by atoms with E-state index < -0.39 is 0 Å². The zero-order chi connectivity index (χ0) is 10.8. The van der Waals surface area contributed by atoms with Crippen LogP contribution in [0.4, 0.5) is 0 Å². The highest BCUT2D eigenvalue weighted by Gasteiger charge is 2.33. The van der Waals surface area contributed by atoms with Crippen molar-refractivity contribution in [2.45, 2.75) is 63.5 Å². The van der Waals surface area contributed by atoms with E-state index >= 15 is 0 Å². The molecule has 0 bridgehead atoms. The van der Waals surface area contributed by atoms with Crippen LogP contribution >= 0.6 is 0 Å². The van der Waals surface area contributed by atoms with E-state index in [2.05, 4.69) is 10.2 Å². The summed E-state index contributed by atoms with van der Waals surface area (Å²) >= 11 is 0. The standard InChI is InChI=1S/C14H26N2/c1-2-5-12(6-3-1)14-11-16(13-7-8-13)10-4-9-15-14/h12-15H,1-11H2. The van der Waals surface area contributed by atoms with Crippen molar-refractivity contribution in [1.29, 1.82) is 0 Å². The zero-order valence-electron chi connectivity index (χ0n) is 10.5.